The molecule has 1 aromatic carbocycles. The van der Waals surface area contributed by atoms with Gasteiger partial charge in [-0.25, -0.2) is 9.97 Å². The van der Waals surface area contributed by atoms with Crippen molar-refractivity contribution in [3.8, 4) is 22.5 Å². The molecule has 0 amide bonds. The molecule has 0 N–H and O–H groups in total. The summed E-state index contributed by atoms with van der Waals surface area (Å²) in [7, 11) is 1.92. The highest BCUT2D eigenvalue weighted by Gasteiger charge is 2.13. The molecule has 1 aliphatic heterocycles. The van der Waals surface area contributed by atoms with Gasteiger partial charge in [0.15, 0.2) is 5.82 Å². The molecule has 0 aliphatic carbocycles. The standard InChI is InChI=1S/C20H19N5/c1-13-7-8-19(23-13)18-11-21-20(24-14(18)2)16-6-4-5-15(9-16)17-10-22-25(3)12-17/h4-13H,1-3H3. The number of aliphatic imine (C=N–C) groups is 1. The average Bonchev–Trinajstić information content (AvgIpc) is 3.23. The van der Waals surface area contributed by atoms with Gasteiger partial charge in [-0.3, -0.25) is 9.67 Å². The Kier molecular flexibility index (Phi) is 3.76. The second kappa shape index (κ2) is 6.09. The highest BCUT2D eigenvalue weighted by atomic mass is 15.2. The average molecular weight is 329 g/mol. The van der Waals surface area contributed by atoms with Crippen molar-refractivity contribution >= 4 is 5.71 Å². The van der Waals surface area contributed by atoms with E-state index in [-0.39, 0.29) is 6.04 Å². The second-order valence-electron chi connectivity index (χ2n) is 6.29. The summed E-state index contributed by atoms with van der Waals surface area (Å²) in [5, 5.41) is 4.24. The van der Waals surface area contributed by atoms with Crippen molar-refractivity contribution in [1.82, 2.24) is 19.7 Å². The van der Waals surface area contributed by atoms with Gasteiger partial charge in [-0.1, -0.05) is 24.3 Å². The van der Waals surface area contributed by atoms with Gasteiger partial charge in [0.25, 0.3) is 0 Å². The molecule has 1 aliphatic rings. The van der Waals surface area contributed by atoms with E-state index < -0.39 is 0 Å². The molecule has 1 unspecified atom stereocenters. The van der Waals surface area contributed by atoms with Gasteiger partial charge in [0.1, 0.15) is 0 Å². The van der Waals surface area contributed by atoms with Gasteiger partial charge in [-0.15, -0.1) is 0 Å². The predicted octanol–water partition coefficient (Wildman–Crippen LogP) is 3.60. The third kappa shape index (κ3) is 3.01. The molecule has 5 heteroatoms. The minimum Gasteiger partial charge on any atom is -0.277 e. The number of aryl methyl sites for hydroxylation is 2. The summed E-state index contributed by atoms with van der Waals surface area (Å²) in [6.45, 7) is 4.07. The molecule has 3 aromatic rings. The summed E-state index contributed by atoms with van der Waals surface area (Å²) in [6.07, 6.45) is 9.86. The lowest BCUT2D eigenvalue weighted by Crippen LogP contribution is -2.04. The third-order valence-electron chi connectivity index (χ3n) is 4.29. The van der Waals surface area contributed by atoms with E-state index in [1.165, 1.54) is 0 Å². The van der Waals surface area contributed by atoms with E-state index in [9.17, 15) is 0 Å². The maximum absolute atomic E-state index is 4.71. The van der Waals surface area contributed by atoms with Crippen molar-refractivity contribution < 1.29 is 0 Å². The summed E-state index contributed by atoms with van der Waals surface area (Å²) in [5.41, 5.74) is 6.07. The number of hydrogen-bond donors (Lipinski definition) is 0. The van der Waals surface area contributed by atoms with Gasteiger partial charge in [-0.2, -0.15) is 5.10 Å². The van der Waals surface area contributed by atoms with Crippen molar-refractivity contribution in [3.05, 3.63) is 66.3 Å². The fourth-order valence-corrected chi connectivity index (χ4v) is 2.96. The number of allylic oxidation sites excluding steroid dienone is 1. The topological polar surface area (TPSA) is 56.0 Å². The number of nitrogens with zero attached hydrogens (tertiary/aromatic N) is 5. The monoisotopic (exact) mass is 329 g/mol. The van der Waals surface area contributed by atoms with Crippen LogP contribution in [0.15, 0.2) is 60.0 Å². The SMILES string of the molecule is Cc1nc(-c2cccc(-c3cnn(C)c3)c2)ncc1C1=NC(C)C=C1. The minimum atomic E-state index is 0.227. The van der Waals surface area contributed by atoms with Crippen molar-refractivity contribution in [2.45, 2.75) is 19.9 Å². The molecule has 0 bridgehead atoms. The van der Waals surface area contributed by atoms with Gasteiger partial charge in [-0.05, 0) is 31.6 Å². The number of hydrogen-bond acceptors (Lipinski definition) is 4. The van der Waals surface area contributed by atoms with Crippen LogP contribution in [-0.4, -0.2) is 31.5 Å². The van der Waals surface area contributed by atoms with Crippen LogP contribution in [-0.2, 0) is 7.05 Å². The second-order valence-corrected chi connectivity index (χ2v) is 6.29. The van der Waals surface area contributed by atoms with Crippen molar-refractivity contribution in [2.75, 3.05) is 0 Å². The van der Waals surface area contributed by atoms with E-state index in [4.69, 9.17) is 4.98 Å². The largest absolute Gasteiger partial charge is 0.277 e. The summed E-state index contributed by atoms with van der Waals surface area (Å²) in [4.78, 5) is 13.9. The first-order valence-electron chi connectivity index (χ1n) is 8.29. The van der Waals surface area contributed by atoms with Gasteiger partial charge < -0.3 is 0 Å². The van der Waals surface area contributed by atoms with Gasteiger partial charge in [0, 0.05) is 36.1 Å². The Morgan fingerprint density at radius 3 is 2.60 bits per heavy atom. The molecule has 0 spiro atoms. The van der Waals surface area contributed by atoms with Crippen LogP contribution in [0.2, 0.25) is 0 Å². The Hall–Kier alpha value is -3.08. The van der Waals surface area contributed by atoms with Crippen LogP contribution in [0.5, 0.6) is 0 Å². The molecule has 1 atom stereocenters. The first-order valence-corrected chi connectivity index (χ1v) is 8.29. The van der Waals surface area contributed by atoms with Gasteiger partial charge >= 0.3 is 0 Å². The van der Waals surface area contributed by atoms with E-state index in [0.717, 1.165) is 39.5 Å². The van der Waals surface area contributed by atoms with Crippen LogP contribution in [0, 0.1) is 6.92 Å². The Morgan fingerprint density at radius 2 is 1.92 bits per heavy atom. The third-order valence-corrected chi connectivity index (χ3v) is 4.29. The zero-order valence-electron chi connectivity index (χ0n) is 14.5. The lowest BCUT2D eigenvalue weighted by atomic mass is 10.1. The normalized spacial score (nSPS) is 16.3. The van der Waals surface area contributed by atoms with Crippen LogP contribution in [0.3, 0.4) is 0 Å². The van der Waals surface area contributed by atoms with Crippen molar-refractivity contribution in [1.29, 1.82) is 0 Å². The van der Waals surface area contributed by atoms with E-state index >= 15 is 0 Å². The van der Waals surface area contributed by atoms with E-state index in [1.54, 1.807) is 4.68 Å². The summed E-state index contributed by atoms with van der Waals surface area (Å²) < 4.78 is 1.80. The smallest absolute Gasteiger partial charge is 0.159 e. The molecule has 0 saturated heterocycles. The number of rotatable bonds is 3. The van der Waals surface area contributed by atoms with Crippen molar-refractivity contribution in [2.24, 2.45) is 12.0 Å². The molecule has 0 fully saturated rings. The van der Waals surface area contributed by atoms with E-state index in [0.29, 0.717) is 0 Å². The predicted molar refractivity (Wildman–Crippen MR) is 99.5 cm³/mol. The molecule has 4 rings (SSSR count). The Morgan fingerprint density at radius 1 is 1.08 bits per heavy atom. The Bertz CT molecular complexity index is 997. The molecule has 25 heavy (non-hydrogen) atoms. The fraction of sp³-hybridized carbons (Fsp3) is 0.200. The fourth-order valence-electron chi connectivity index (χ4n) is 2.96. The quantitative estimate of drug-likeness (QED) is 0.738. The molecular formula is C20H19N5. The Balaban J connectivity index is 1.70. The van der Waals surface area contributed by atoms with Crippen LogP contribution in [0.1, 0.15) is 18.2 Å². The molecule has 5 nitrogen and oxygen atoms in total. The zero-order chi connectivity index (χ0) is 17.4. The molecular weight excluding hydrogens is 310 g/mol. The van der Waals surface area contributed by atoms with Crippen LogP contribution in [0.4, 0.5) is 0 Å². The van der Waals surface area contributed by atoms with Crippen LogP contribution < -0.4 is 0 Å². The van der Waals surface area contributed by atoms with Crippen LogP contribution in [0.25, 0.3) is 22.5 Å². The maximum atomic E-state index is 4.71. The molecule has 3 heterocycles. The minimum absolute atomic E-state index is 0.227. The van der Waals surface area contributed by atoms with Gasteiger partial charge in [0.05, 0.1) is 23.6 Å². The lowest BCUT2D eigenvalue weighted by molar-refractivity contribution is 0.768. The maximum Gasteiger partial charge on any atom is 0.159 e. The first kappa shape index (κ1) is 15.4. The van der Waals surface area contributed by atoms with Crippen molar-refractivity contribution in [3.63, 3.8) is 0 Å². The summed E-state index contributed by atoms with van der Waals surface area (Å²) >= 11 is 0. The summed E-state index contributed by atoms with van der Waals surface area (Å²) in [6, 6.07) is 8.45. The highest BCUT2D eigenvalue weighted by Crippen LogP contribution is 2.25. The molecule has 2 aromatic heterocycles. The lowest BCUT2D eigenvalue weighted by Gasteiger charge is -2.07. The van der Waals surface area contributed by atoms with Crippen LogP contribution >= 0.6 is 0 Å². The highest BCUT2D eigenvalue weighted by molar-refractivity contribution is 6.10. The zero-order valence-corrected chi connectivity index (χ0v) is 14.5. The number of aromatic nitrogens is 4. The van der Waals surface area contributed by atoms with Gasteiger partial charge in [0.2, 0.25) is 0 Å². The summed E-state index contributed by atoms with van der Waals surface area (Å²) in [5.74, 6) is 0.725. The molecule has 124 valence electrons. The van der Waals surface area contributed by atoms with E-state index in [2.05, 4.69) is 40.2 Å². The molecule has 0 radical (unpaired) electrons. The van der Waals surface area contributed by atoms with E-state index in [1.807, 2.05) is 50.8 Å². The first-order chi connectivity index (χ1) is 12.1. The molecule has 0 saturated carbocycles. The number of benzene rings is 1. The Labute approximate surface area is 146 Å².